The van der Waals surface area contributed by atoms with E-state index in [0.717, 1.165) is 19.4 Å². The third kappa shape index (κ3) is 3.02. The Balaban J connectivity index is 2.16. The smallest absolute Gasteiger partial charge is 0.225 e. The van der Waals surface area contributed by atoms with Crippen LogP contribution in [0.25, 0.3) is 10.9 Å². The van der Waals surface area contributed by atoms with Crippen LogP contribution >= 0.6 is 39.1 Å². The van der Waals surface area contributed by atoms with Gasteiger partial charge in [-0.05, 0) is 52.9 Å². The average Bonchev–Trinajstić information content (AvgIpc) is 2.70. The number of benzene rings is 1. The first-order valence-electron chi connectivity index (χ1n) is 6.91. The standard InChI is InChI=1S/C14H13BrCl2FN3O/c15-10-9(16)6-8-12(11(10)18)19-14(17)20-13(8)21-4-1-2-7(22)3-5-21/h6-7,22H,1-5H2. The average molecular weight is 409 g/mol. The number of aliphatic hydroxyl groups is 1. The van der Waals surface area contributed by atoms with Gasteiger partial charge >= 0.3 is 0 Å². The summed E-state index contributed by atoms with van der Waals surface area (Å²) in [7, 11) is 0. The van der Waals surface area contributed by atoms with Crippen molar-refractivity contribution in [2.24, 2.45) is 0 Å². The Kier molecular flexibility index (Phi) is 4.73. The van der Waals surface area contributed by atoms with Gasteiger partial charge in [-0.15, -0.1) is 0 Å². The number of aliphatic hydroxyl groups excluding tert-OH is 1. The molecule has 1 fully saturated rings. The molecule has 1 aliphatic heterocycles. The quantitative estimate of drug-likeness (QED) is 0.567. The molecule has 8 heteroatoms. The Hall–Kier alpha value is -0.690. The molecule has 2 heterocycles. The molecule has 0 saturated carbocycles. The second-order valence-electron chi connectivity index (χ2n) is 5.27. The molecule has 1 atom stereocenters. The van der Waals surface area contributed by atoms with Crippen LogP contribution in [-0.2, 0) is 0 Å². The fourth-order valence-electron chi connectivity index (χ4n) is 2.66. The predicted molar refractivity (Wildman–Crippen MR) is 89.3 cm³/mol. The van der Waals surface area contributed by atoms with E-state index < -0.39 is 5.82 Å². The van der Waals surface area contributed by atoms with E-state index in [9.17, 15) is 9.50 Å². The lowest BCUT2D eigenvalue weighted by atomic mass is 10.2. The van der Waals surface area contributed by atoms with Crippen LogP contribution in [0, 0.1) is 5.82 Å². The highest BCUT2D eigenvalue weighted by Gasteiger charge is 2.22. The second kappa shape index (κ2) is 6.43. The predicted octanol–water partition coefficient (Wildman–Crippen LogP) is 4.19. The number of fused-ring (bicyclic) bond motifs is 1. The summed E-state index contributed by atoms with van der Waals surface area (Å²) in [5, 5.41) is 10.5. The van der Waals surface area contributed by atoms with Crippen molar-refractivity contribution >= 4 is 55.9 Å². The monoisotopic (exact) mass is 407 g/mol. The number of hydrogen-bond acceptors (Lipinski definition) is 4. The first-order valence-corrected chi connectivity index (χ1v) is 8.46. The molecule has 4 nitrogen and oxygen atoms in total. The first kappa shape index (κ1) is 16.2. The molecule has 3 rings (SSSR count). The lowest BCUT2D eigenvalue weighted by Gasteiger charge is -2.23. The Morgan fingerprint density at radius 1 is 1.27 bits per heavy atom. The van der Waals surface area contributed by atoms with Crippen molar-refractivity contribution in [3.63, 3.8) is 0 Å². The minimum atomic E-state index is -0.553. The van der Waals surface area contributed by atoms with E-state index in [4.69, 9.17) is 23.2 Å². The van der Waals surface area contributed by atoms with Crippen molar-refractivity contribution in [1.29, 1.82) is 0 Å². The molecule has 22 heavy (non-hydrogen) atoms. The topological polar surface area (TPSA) is 49.2 Å². The second-order valence-corrected chi connectivity index (χ2v) is 6.81. The van der Waals surface area contributed by atoms with Crippen LogP contribution in [0.2, 0.25) is 10.3 Å². The Morgan fingerprint density at radius 3 is 2.82 bits per heavy atom. The summed E-state index contributed by atoms with van der Waals surface area (Å²) in [6.07, 6.45) is 1.89. The normalized spacial score (nSPS) is 19.5. The van der Waals surface area contributed by atoms with Gasteiger partial charge in [0.15, 0.2) is 5.82 Å². The third-order valence-electron chi connectivity index (χ3n) is 3.78. The van der Waals surface area contributed by atoms with Crippen molar-refractivity contribution in [2.75, 3.05) is 18.0 Å². The lowest BCUT2D eigenvalue weighted by Crippen LogP contribution is -2.26. The van der Waals surface area contributed by atoms with E-state index >= 15 is 0 Å². The Bertz CT molecular complexity index is 731. The van der Waals surface area contributed by atoms with Gasteiger partial charge in [-0.25, -0.2) is 9.37 Å². The fraction of sp³-hybridized carbons (Fsp3) is 0.429. The van der Waals surface area contributed by atoms with Gasteiger partial charge in [-0.3, -0.25) is 0 Å². The van der Waals surface area contributed by atoms with Crippen LogP contribution in [0.5, 0.6) is 0 Å². The molecule has 1 aliphatic rings. The summed E-state index contributed by atoms with van der Waals surface area (Å²) in [6, 6.07) is 1.64. The number of anilines is 1. The van der Waals surface area contributed by atoms with Crippen molar-refractivity contribution < 1.29 is 9.50 Å². The van der Waals surface area contributed by atoms with E-state index in [2.05, 4.69) is 25.9 Å². The molecule has 0 bridgehead atoms. The van der Waals surface area contributed by atoms with Gasteiger partial charge in [0.25, 0.3) is 0 Å². The maximum Gasteiger partial charge on any atom is 0.225 e. The molecule has 1 aromatic carbocycles. The third-order valence-corrected chi connectivity index (χ3v) is 5.25. The highest BCUT2D eigenvalue weighted by atomic mass is 79.9. The highest BCUT2D eigenvalue weighted by molar-refractivity contribution is 9.10. The SMILES string of the molecule is OC1CCCN(c2nc(Cl)nc3c(F)c(Br)c(Cl)cc23)CC1. The molecular formula is C14H13BrCl2FN3O. The Morgan fingerprint density at radius 2 is 2.05 bits per heavy atom. The van der Waals surface area contributed by atoms with E-state index in [1.54, 1.807) is 6.07 Å². The molecule has 0 radical (unpaired) electrons. The minimum absolute atomic E-state index is 0.0135. The fourth-order valence-corrected chi connectivity index (χ4v) is 3.32. The maximum absolute atomic E-state index is 14.4. The number of aromatic nitrogens is 2. The lowest BCUT2D eigenvalue weighted by molar-refractivity contribution is 0.161. The molecule has 2 aromatic rings. The highest BCUT2D eigenvalue weighted by Crippen LogP contribution is 2.36. The molecule has 0 aliphatic carbocycles. The molecule has 1 unspecified atom stereocenters. The molecule has 0 spiro atoms. The summed E-state index contributed by atoms with van der Waals surface area (Å²) < 4.78 is 14.6. The zero-order valence-corrected chi connectivity index (χ0v) is 14.6. The van der Waals surface area contributed by atoms with Gasteiger partial charge in [0, 0.05) is 18.5 Å². The van der Waals surface area contributed by atoms with Crippen LogP contribution in [0.3, 0.4) is 0 Å². The summed E-state index contributed by atoms with van der Waals surface area (Å²) in [5.41, 5.74) is 0.135. The van der Waals surface area contributed by atoms with Crippen molar-refractivity contribution in [1.82, 2.24) is 9.97 Å². The van der Waals surface area contributed by atoms with Gasteiger partial charge in [-0.1, -0.05) is 11.6 Å². The van der Waals surface area contributed by atoms with E-state index in [1.165, 1.54) is 0 Å². The summed E-state index contributed by atoms with van der Waals surface area (Å²) in [6.45, 7) is 1.34. The van der Waals surface area contributed by atoms with Crippen LogP contribution in [0.15, 0.2) is 10.5 Å². The molecule has 1 N–H and O–H groups in total. The van der Waals surface area contributed by atoms with Crippen LogP contribution in [0.1, 0.15) is 19.3 Å². The van der Waals surface area contributed by atoms with E-state index in [1.807, 2.05) is 4.90 Å². The van der Waals surface area contributed by atoms with Crippen molar-refractivity contribution in [2.45, 2.75) is 25.4 Å². The number of hydrogen-bond donors (Lipinski definition) is 1. The number of nitrogens with zero attached hydrogens (tertiary/aromatic N) is 3. The first-order chi connectivity index (χ1) is 10.5. The summed E-state index contributed by atoms with van der Waals surface area (Å²) in [4.78, 5) is 10.2. The Labute approximate surface area is 145 Å². The minimum Gasteiger partial charge on any atom is -0.393 e. The molecular weight excluding hydrogens is 396 g/mol. The molecule has 0 amide bonds. The van der Waals surface area contributed by atoms with Gasteiger partial charge in [-0.2, -0.15) is 4.98 Å². The van der Waals surface area contributed by atoms with Crippen LogP contribution < -0.4 is 4.90 Å². The number of rotatable bonds is 1. The van der Waals surface area contributed by atoms with Crippen molar-refractivity contribution in [3.05, 3.63) is 26.7 Å². The van der Waals surface area contributed by atoms with Gasteiger partial charge in [0.1, 0.15) is 11.3 Å². The molecule has 1 saturated heterocycles. The zero-order chi connectivity index (χ0) is 15.9. The summed E-state index contributed by atoms with van der Waals surface area (Å²) >= 11 is 15.1. The van der Waals surface area contributed by atoms with Crippen LogP contribution in [0.4, 0.5) is 10.2 Å². The van der Waals surface area contributed by atoms with Crippen molar-refractivity contribution in [3.8, 4) is 0 Å². The molecule has 1 aromatic heterocycles. The maximum atomic E-state index is 14.4. The largest absolute Gasteiger partial charge is 0.393 e. The zero-order valence-electron chi connectivity index (χ0n) is 11.5. The summed E-state index contributed by atoms with van der Waals surface area (Å²) in [5.74, 6) is 0.000284. The van der Waals surface area contributed by atoms with Crippen LogP contribution in [-0.4, -0.2) is 34.3 Å². The molecule has 118 valence electrons. The van der Waals surface area contributed by atoms with Gasteiger partial charge < -0.3 is 10.0 Å². The van der Waals surface area contributed by atoms with E-state index in [-0.39, 0.29) is 26.4 Å². The van der Waals surface area contributed by atoms with Gasteiger partial charge in [0.05, 0.1) is 15.6 Å². The van der Waals surface area contributed by atoms with E-state index in [0.29, 0.717) is 24.2 Å². The number of halogens is 4. The van der Waals surface area contributed by atoms with Gasteiger partial charge in [0.2, 0.25) is 5.28 Å².